The van der Waals surface area contributed by atoms with Gasteiger partial charge in [-0.2, -0.15) is 0 Å². The quantitative estimate of drug-likeness (QED) is 0.509. The molecule has 1 heterocycles. The van der Waals surface area contributed by atoms with Crippen LogP contribution in [0, 0.1) is 0 Å². The minimum Gasteiger partial charge on any atom is -0.336 e. The van der Waals surface area contributed by atoms with Gasteiger partial charge in [0.1, 0.15) is 8.24 Å². The van der Waals surface area contributed by atoms with Crippen molar-refractivity contribution in [1.82, 2.24) is 10.3 Å². The van der Waals surface area contributed by atoms with Gasteiger partial charge in [-0.15, -0.1) is 0 Å². The molecule has 0 radical (unpaired) electrons. The van der Waals surface area contributed by atoms with E-state index in [9.17, 15) is 0 Å². The van der Waals surface area contributed by atoms with Gasteiger partial charge in [0.25, 0.3) is 0 Å². The predicted octanol–water partition coefficient (Wildman–Crippen LogP) is 0.774. The molecule has 1 aliphatic heterocycles. The Morgan fingerprint density at radius 1 is 1.10 bits per heavy atom. The van der Waals surface area contributed by atoms with Crippen LogP contribution in [-0.4, -0.2) is 27.9 Å². The second kappa shape index (κ2) is 3.51. The molecule has 1 saturated heterocycles. The molecule has 3 heteroatoms. The SMILES string of the molecule is C[Si]1(C)CCCNCCN1. The normalized spacial score (nSPS) is 27.0. The fourth-order valence-electron chi connectivity index (χ4n) is 1.36. The maximum absolute atomic E-state index is 3.64. The molecule has 2 nitrogen and oxygen atoms in total. The first-order chi connectivity index (χ1) is 4.71. The van der Waals surface area contributed by atoms with E-state index in [0.29, 0.717) is 0 Å². The highest BCUT2D eigenvalue weighted by Crippen LogP contribution is 2.08. The zero-order valence-electron chi connectivity index (χ0n) is 7.04. The number of hydrogen-bond donors (Lipinski definition) is 2. The lowest BCUT2D eigenvalue weighted by molar-refractivity contribution is 0.633. The summed E-state index contributed by atoms with van der Waals surface area (Å²) >= 11 is 0. The summed E-state index contributed by atoms with van der Waals surface area (Å²) in [6, 6.07) is 1.42. The van der Waals surface area contributed by atoms with Gasteiger partial charge in [-0.1, -0.05) is 13.1 Å². The van der Waals surface area contributed by atoms with Crippen LogP contribution < -0.4 is 10.3 Å². The van der Waals surface area contributed by atoms with Crippen LogP contribution in [0.1, 0.15) is 6.42 Å². The summed E-state index contributed by atoms with van der Waals surface area (Å²) in [5.74, 6) is 0. The largest absolute Gasteiger partial charge is 0.336 e. The Morgan fingerprint density at radius 3 is 2.70 bits per heavy atom. The van der Waals surface area contributed by atoms with Crippen molar-refractivity contribution in [3.05, 3.63) is 0 Å². The van der Waals surface area contributed by atoms with Crippen LogP contribution in [0.5, 0.6) is 0 Å². The molecule has 0 spiro atoms. The maximum Gasteiger partial charge on any atom is 0.119 e. The predicted molar refractivity (Wildman–Crippen MR) is 47.8 cm³/mol. The molecule has 0 aliphatic carbocycles. The Morgan fingerprint density at radius 2 is 1.90 bits per heavy atom. The van der Waals surface area contributed by atoms with Crippen molar-refractivity contribution in [3.8, 4) is 0 Å². The van der Waals surface area contributed by atoms with Crippen molar-refractivity contribution in [2.45, 2.75) is 25.6 Å². The zero-order chi connectivity index (χ0) is 7.45. The first kappa shape index (κ1) is 8.24. The van der Waals surface area contributed by atoms with Crippen LogP contribution >= 0.6 is 0 Å². The Balaban J connectivity index is 2.30. The van der Waals surface area contributed by atoms with Crippen molar-refractivity contribution in [3.63, 3.8) is 0 Å². The summed E-state index contributed by atoms with van der Waals surface area (Å²) < 4.78 is 0. The molecule has 2 N–H and O–H groups in total. The molecule has 0 amide bonds. The highest BCUT2D eigenvalue weighted by atomic mass is 28.3. The summed E-state index contributed by atoms with van der Waals surface area (Å²) in [6.45, 7) is 8.37. The van der Waals surface area contributed by atoms with Crippen LogP contribution in [0.3, 0.4) is 0 Å². The van der Waals surface area contributed by atoms with E-state index < -0.39 is 8.24 Å². The first-order valence-corrected chi connectivity index (χ1v) is 7.37. The monoisotopic (exact) mass is 158 g/mol. The van der Waals surface area contributed by atoms with E-state index in [0.717, 1.165) is 6.54 Å². The Bertz CT molecular complexity index is 93.8. The van der Waals surface area contributed by atoms with Crippen LogP contribution in [0.4, 0.5) is 0 Å². The fourth-order valence-corrected chi connectivity index (χ4v) is 3.40. The smallest absolute Gasteiger partial charge is 0.119 e. The molecule has 0 aromatic rings. The molecule has 0 atom stereocenters. The second-order valence-corrected chi connectivity index (χ2v) is 8.29. The molecule has 0 bridgehead atoms. The Kier molecular flexibility index (Phi) is 2.89. The van der Waals surface area contributed by atoms with Crippen molar-refractivity contribution < 1.29 is 0 Å². The van der Waals surface area contributed by atoms with E-state index in [1.54, 1.807) is 0 Å². The van der Waals surface area contributed by atoms with Crippen LogP contribution in [0.15, 0.2) is 0 Å². The van der Waals surface area contributed by atoms with Crippen molar-refractivity contribution >= 4 is 8.24 Å². The second-order valence-electron chi connectivity index (χ2n) is 3.66. The highest BCUT2D eigenvalue weighted by molar-refractivity contribution is 6.74. The zero-order valence-corrected chi connectivity index (χ0v) is 8.04. The summed E-state index contributed by atoms with van der Waals surface area (Å²) in [5.41, 5.74) is 0. The third-order valence-electron chi connectivity index (χ3n) is 2.06. The molecule has 0 aromatic heterocycles. The Hall–Kier alpha value is 0.137. The summed E-state index contributed by atoms with van der Waals surface area (Å²) in [4.78, 5) is 3.64. The van der Waals surface area contributed by atoms with Crippen molar-refractivity contribution in [2.75, 3.05) is 19.6 Å². The van der Waals surface area contributed by atoms with Gasteiger partial charge >= 0.3 is 0 Å². The van der Waals surface area contributed by atoms with Crippen molar-refractivity contribution in [2.24, 2.45) is 0 Å². The summed E-state index contributed by atoms with van der Waals surface area (Å²) in [6.07, 6.45) is 1.35. The fraction of sp³-hybridized carbons (Fsp3) is 1.00. The summed E-state index contributed by atoms with van der Waals surface area (Å²) in [7, 11) is -0.963. The van der Waals surface area contributed by atoms with E-state index in [2.05, 4.69) is 23.4 Å². The number of rotatable bonds is 0. The Labute approximate surface area is 64.5 Å². The molecule has 0 saturated carbocycles. The van der Waals surface area contributed by atoms with Gasteiger partial charge in [0.2, 0.25) is 0 Å². The minimum absolute atomic E-state index is 0.963. The molecule has 10 heavy (non-hydrogen) atoms. The van der Waals surface area contributed by atoms with Crippen LogP contribution in [0.2, 0.25) is 19.1 Å². The van der Waals surface area contributed by atoms with E-state index >= 15 is 0 Å². The summed E-state index contributed by atoms with van der Waals surface area (Å²) in [5, 5.41) is 3.38. The van der Waals surface area contributed by atoms with Crippen LogP contribution in [0.25, 0.3) is 0 Å². The highest BCUT2D eigenvalue weighted by Gasteiger charge is 2.19. The topological polar surface area (TPSA) is 24.1 Å². The van der Waals surface area contributed by atoms with Gasteiger partial charge in [-0.05, 0) is 19.0 Å². The van der Waals surface area contributed by atoms with E-state index in [1.165, 1.54) is 25.6 Å². The average Bonchev–Trinajstić information content (AvgIpc) is 1.81. The number of nitrogens with one attached hydrogen (secondary N) is 2. The molecular weight excluding hydrogens is 140 g/mol. The van der Waals surface area contributed by atoms with Gasteiger partial charge in [-0.25, -0.2) is 0 Å². The van der Waals surface area contributed by atoms with Gasteiger partial charge in [0.15, 0.2) is 0 Å². The van der Waals surface area contributed by atoms with Gasteiger partial charge in [0.05, 0.1) is 0 Å². The lowest BCUT2D eigenvalue weighted by Gasteiger charge is -2.26. The van der Waals surface area contributed by atoms with Crippen LogP contribution in [-0.2, 0) is 0 Å². The molecular formula is C7H18N2Si. The van der Waals surface area contributed by atoms with Crippen molar-refractivity contribution in [1.29, 1.82) is 0 Å². The molecule has 1 fully saturated rings. The lowest BCUT2D eigenvalue weighted by Crippen LogP contribution is -2.49. The maximum atomic E-state index is 3.64. The molecule has 0 aromatic carbocycles. The van der Waals surface area contributed by atoms with E-state index in [1.807, 2.05) is 0 Å². The first-order valence-electron chi connectivity index (χ1n) is 4.16. The molecule has 60 valence electrons. The molecule has 1 rings (SSSR count). The minimum atomic E-state index is -0.963. The average molecular weight is 158 g/mol. The standard InChI is InChI=1S/C7H18N2Si/c1-10(2)7-3-4-8-5-6-9-10/h8-9H,3-7H2,1-2H3. The van der Waals surface area contributed by atoms with E-state index in [-0.39, 0.29) is 0 Å². The third-order valence-corrected chi connectivity index (χ3v) is 4.87. The van der Waals surface area contributed by atoms with Gasteiger partial charge < -0.3 is 10.3 Å². The molecule has 0 unspecified atom stereocenters. The number of hydrogen-bond acceptors (Lipinski definition) is 2. The van der Waals surface area contributed by atoms with E-state index in [4.69, 9.17) is 0 Å². The van der Waals surface area contributed by atoms with Gasteiger partial charge in [0, 0.05) is 13.1 Å². The van der Waals surface area contributed by atoms with Gasteiger partial charge in [-0.3, -0.25) is 0 Å². The lowest BCUT2D eigenvalue weighted by atomic mass is 10.4. The third kappa shape index (κ3) is 2.81. The molecule has 1 aliphatic rings.